The number of aryl methyl sites for hydroxylation is 1. The summed E-state index contributed by atoms with van der Waals surface area (Å²) in [4.78, 5) is 12.0. The number of amides is 1. The number of unbranched alkanes of at least 4 members (excludes halogenated alkanes) is 1. The molecule has 1 aliphatic rings. The van der Waals surface area contributed by atoms with E-state index in [9.17, 15) is 9.90 Å². The van der Waals surface area contributed by atoms with Crippen molar-refractivity contribution in [2.24, 2.45) is 5.92 Å². The second-order valence-electron chi connectivity index (χ2n) is 5.77. The normalized spacial score (nSPS) is 21.9. The van der Waals surface area contributed by atoms with Gasteiger partial charge in [-0.15, -0.1) is 0 Å². The molecule has 1 fully saturated rings. The van der Waals surface area contributed by atoms with Crippen LogP contribution in [0.3, 0.4) is 0 Å². The maximum Gasteiger partial charge on any atom is 0.251 e. The highest BCUT2D eigenvalue weighted by Crippen LogP contribution is 2.24. The fourth-order valence-electron chi connectivity index (χ4n) is 2.78. The molecule has 0 saturated heterocycles. The summed E-state index contributed by atoms with van der Waals surface area (Å²) in [7, 11) is 0. The van der Waals surface area contributed by atoms with Gasteiger partial charge in [0.05, 0.1) is 6.10 Å². The van der Waals surface area contributed by atoms with E-state index in [0.29, 0.717) is 12.1 Å². The lowest BCUT2D eigenvalue weighted by atomic mass is 10.0. The Morgan fingerprint density at radius 3 is 2.65 bits per heavy atom. The number of hydrogen-bond acceptors (Lipinski definition) is 2. The third-order valence-electron chi connectivity index (χ3n) is 4.18. The zero-order valence-corrected chi connectivity index (χ0v) is 12.3. The fourth-order valence-corrected chi connectivity index (χ4v) is 2.78. The van der Waals surface area contributed by atoms with Gasteiger partial charge in [0.2, 0.25) is 0 Å². The molecule has 1 aliphatic carbocycles. The van der Waals surface area contributed by atoms with E-state index in [4.69, 9.17) is 0 Å². The largest absolute Gasteiger partial charge is 0.393 e. The van der Waals surface area contributed by atoms with E-state index in [-0.39, 0.29) is 17.9 Å². The Hall–Kier alpha value is -1.35. The number of nitrogens with one attached hydrogen (secondary N) is 1. The van der Waals surface area contributed by atoms with Crippen LogP contribution < -0.4 is 5.32 Å². The highest BCUT2D eigenvalue weighted by molar-refractivity contribution is 5.94. The minimum atomic E-state index is -0.244. The second-order valence-corrected chi connectivity index (χ2v) is 5.77. The van der Waals surface area contributed by atoms with Crippen LogP contribution in [0.4, 0.5) is 0 Å². The first-order chi connectivity index (χ1) is 9.70. The van der Waals surface area contributed by atoms with Crippen molar-refractivity contribution in [3.63, 3.8) is 0 Å². The Morgan fingerprint density at radius 1 is 1.30 bits per heavy atom. The van der Waals surface area contributed by atoms with Crippen LogP contribution in [0.25, 0.3) is 0 Å². The fraction of sp³-hybridized carbons (Fsp3) is 0.588. The minimum Gasteiger partial charge on any atom is -0.393 e. The number of carbonyl (C=O) groups excluding carboxylic acids is 1. The van der Waals surface area contributed by atoms with Gasteiger partial charge in [-0.05, 0) is 43.4 Å². The molecule has 1 aromatic carbocycles. The third-order valence-corrected chi connectivity index (χ3v) is 4.18. The zero-order valence-electron chi connectivity index (χ0n) is 12.3. The van der Waals surface area contributed by atoms with Gasteiger partial charge in [-0.1, -0.05) is 31.9 Å². The number of hydrogen-bond donors (Lipinski definition) is 2. The molecule has 1 amide bonds. The molecule has 2 rings (SSSR count). The zero-order chi connectivity index (χ0) is 14.4. The van der Waals surface area contributed by atoms with Gasteiger partial charge in [-0.25, -0.2) is 0 Å². The average Bonchev–Trinajstić information content (AvgIpc) is 2.88. The van der Waals surface area contributed by atoms with Crippen LogP contribution in [0.5, 0.6) is 0 Å². The molecule has 2 unspecified atom stereocenters. The standard InChI is InChI=1S/C17H25NO2/c1-2-3-5-13-8-10-14(11-9-13)17(20)18-12-15-6-4-7-16(15)19/h8-11,15-16,19H,2-7,12H2,1H3,(H,18,20). The van der Waals surface area contributed by atoms with Crippen LogP contribution in [0.1, 0.15) is 54.9 Å². The summed E-state index contributed by atoms with van der Waals surface area (Å²) in [5.74, 6) is 0.189. The minimum absolute atomic E-state index is 0.0360. The van der Waals surface area contributed by atoms with Crippen LogP contribution in [-0.4, -0.2) is 23.7 Å². The van der Waals surface area contributed by atoms with Gasteiger partial charge in [-0.2, -0.15) is 0 Å². The van der Waals surface area contributed by atoms with Gasteiger partial charge in [0.25, 0.3) is 5.91 Å². The molecule has 0 heterocycles. The van der Waals surface area contributed by atoms with Crippen molar-refractivity contribution >= 4 is 5.91 Å². The van der Waals surface area contributed by atoms with Crippen molar-refractivity contribution in [2.75, 3.05) is 6.54 Å². The van der Waals surface area contributed by atoms with Crippen molar-refractivity contribution in [2.45, 2.75) is 51.6 Å². The van der Waals surface area contributed by atoms with Crippen molar-refractivity contribution in [3.05, 3.63) is 35.4 Å². The summed E-state index contributed by atoms with van der Waals surface area (Å²) < 4.78 is 0. The number of carbonyl (C=O) groups is 1. The highest BCUT2D eigenvalue weighted by atomic mass is 16.3. The Bertz CT molecular complexity index is 427. The van der Waals surface area contributed by atoms with Gasteiger partial charge < -0.3 is 10.4 Å². The molecule has 3 nitrogen and oxygen atoms in total. The second kappa shape index (κ2) is 7.44. The average molecular weight is 275 g/mol. The lowest BCUT2D eigenvalue weighted by Gasteiger charge is -2.15. The summed E-state index contributed by atoms with van der Waals surface area (Å²) in [6.07, 6.45) is 6.15. The van der Waals surface area contributed by atoms with Gasteiger partial charge in [0.1, 0.15) is 0 Å². The first kappa shape index (κ1) is 15.0. The predicted molar refractivity (Wildman–Crippen MR) is 80.7 cm³/mol. The van der Waals surface area contributed by atoms with Gasteiger partial charge >= 0.3 is 0 Å². The van der Waals surface area contributed by atoms with E-state index >= 15 is 0 Å². The van der Waals surface area contributed by atoms with E-state index in [1.165, 1.54) is 18.4 Å². The molecular weight excluding hydrogens is 250 g/mol. The summed E-state index contributed by atoms with van der Waals surface area (Å²) >= 11 is 0. The molecule has 0 radical (unpaired) electrons. The summed E-state index contributed by atoms with van der Waals surface area (Å²) in [5, 5.41) is 12.7. The number of rotatable bonds is 6. The molecule has 1 aromatic rings. The van der Waals surface area contributed by atoms with E-state index in [2.05, 4.69) is 12.2 Å². The van der Waals surface area contributed by atoms with Gasteiger partial charge in [-0.3, -0.25) is 4.79 Å². The van der Waals surface area contributed by atoms with E-state index in [1.807, 2.05) is 24.3 Å². The molecule has 0 bridgehead atoms. The predicted octanol–water partition coefficient (Wildman–Crippen LogP) is 2.92. The Balaban J connectivity index is 1.82. The maximum atomic E-state index is 12.0. The number of aliphatic hydroxyl groups excluding tert-OH is 1. The quantitative estimate of drug-likeness (QED) is 0.838. The molecule has 2 atom stereocenters. The first-order valence-corrected chi connectivity index (χ1v) is 7.76. The molecule has 0 aromatic heterocycles. The molecule has 0 aliphatic heterocycles. The van der Waals surface area contributed by atoms with Crippen LogP contribution in [0.15, 0.2) is 24.3 Å². The molecule has 1 saturated carbocycles. The number of aliphatic hydroxyl groups is 1. The van der Waals surface area contributed by atoms with Crippen LogP contribution in [-0.2, 0) is 6.42 Å². The summed E-state index contributed by atoms with van der Waals surface area (Å²) in [5.41, 5.74) is 1.99. The van der Waals surface area contributed by atoms with E-state index in [1.54, 1.807) is 0 Å². The topological polar surface area (TPSA) is 49.3 Å². The van der Waals surface area contributed by atoms with E-state index < -0.39 is 0 Å². The van der Waals surface area contributed by atoms with E-state index in [0.717, 1.165) is 25.7 Å². The van der Waals surface area contributed by atoms with Crippen LogP contribution in [0.2, 0.25) is 0 Å². The SMILES string of the molecule is CCCCc1ccc(C(=O)NCC2CCCC2O)cc1. The van der Waals surface area contributed by atoms with Crippen LogP contribution in [0, 0.1) is 5.92 Å². The van der Waals surface area contributed by atoms with Crippen molar-refractivity contribution < 1.29 is 9.90 Å². The Kier molecular flexibility index (Phi) is 5.60. The molecule has 0 spiro atoms. The molecule has 3 heteroatoms. The molecule has 20 heavy (non-hydrogen) atoms. The monoisotopic (exact) mass is 275 g/mol. The van der Waals surface area contributed by atoms with Crippen molar-refractivity contribution in [3.8, 4) is 0 Å². The van der Waals surface area contributed by atoms with Gasteiger partial charge in [0.15, 0.2) is 0 Å². The molecule has 110 valence electrons. The Labute approximate surface area is 121 Å². The van der Waals surface area contributed by atoms with Crippen molar-refractivity contribution in [1.82, 2.24) is 5.32 Å². The summed E-state index contributed by atoms with van der Waals surface area (Å²) in [6.45, 7) is 2.76. The first-order valence-electron chi connectivity index (χ1n) is 7.76. The smallest absolute Gasteiger partial charge is 0.251 e. The maximum absolute atomic E-state index is 12.0. The summed E-state index contributed by atoms with van der Waals surface area (Å²) in [6, 6.07) is 7.86. The lowest BCUT2D eigenvalue weighted by molar-refractivity contribution is 0.0917. The molecule has 2 N–H and O–H groups in total. The number of benzene rings is 1. The molecular formula is C17H25NO2. The third kappa shape index (κ3) is 4.07. The van der Waals surface area contributed by atoms with Gasteiger partial charge in [0, 0.05) is 18.0 Å². The van der Waals surface area contributed by atoms with Crippen LogP contribution >= 0.6 is 0 Å². The lowest BCUT2D eigenvalue weighted by Crippen LogP contribution is -2.32. The highest BCUT2D eigenvalue weighted by Gasteiger charge is 2.25. The van der Waals surface area contributed by atoms with Crippen molar-refractivity contribution in [1.29, 1.82) is 0 Å². The Morgan fingerprint density at radius 2 is 2.05 bits per heavy atom.